The Bertz CT molecular complexity index is 1080. The zero-order valence-corrected chi connectivity index (χ0v) is 18.7. The van der Waals surface area contributed by atoms with Crippen molar-refractivity contribution >= 4 is 34.0 Å². The predicted molar refractivity (Wildman–Crippen MR) is 119 cm³/mol. The van der Waals surface area contributed by atoms with Crippen LogP contribution in [0.15, 0.2) is 47.8 Å². The summed E-state index contributed by atoms with van der Waals surface area (Å²) in [7, 11) is 1.55. The van der Waals surface area contributed by atoms with Crippen LogP contribution in [0.4, 0.5) is 10.8 Å². The van der Waals surface area contributed by atoms with Gasteiger partial charge in [-0.25, -0.2) is 9.78 Å². The van der Waals surface area contributed by atoms with E-state index in [4.69, 9.17) is 14.2 Å². The molecule has 0 fully saturated rings. The Labute approximate surface area is 185 Å². The molecule has 0 aliphatic heterocycles. The number of nitrogens with zero attached hydrogens (tertiary/aromatic N) is 2. The van der Waals surface area contributed by atoms with Gasteiger partial charge in [-0.3, -0.25) is 9.69 Å². The number of esters is 1. The number of para-hydroxylation sites is 2. The highest BCUT2D eigenvalue weighted by Crippen LogP contribution is 2.35. The smallest absolute Gasteiger partial charge is 0.344 e. The summed E-state index contributed by atoms with van der Waals surface area (Å²) in [5, 5.41) is 2.22. The molecule has 0 spiro atoms. The molecule has 1 amide bonds. The summed E-state index contributed by atoms with van der Waals surface area (Å²) in [6, 6.07) is 13.0. The van der Waals surface area contributed by atoms with Crippen molar-refractivity contribution in [3.05, 3.63) is 64.7 Å². The van der Waals surface area contributed by atoms with Gasteiger partial charge in [-0.1, -0.05) is 24.3 Å². The Kier molecular flexibility index (Phi) is 7.25. The minimum atomic E-state index is -0.497. The number of aryl methyl sites for hydroxylation is 2. The number of hydrogen-bond acceptors (Lipinski definition) is 7. The zero-order valence-electron chi connectivity index (χ0n) is 17.9. The minimum Gasteiger partial charge on any atom is -0.495 e. The van der Waals surface area contributed by atoms with E-state index < -0.39 is 5.97 Å². The number of hydrogen-bond donors (Lipinski definition) is 0. The van der Waals surface area contributed by atoms with E-state index in [0.717, 1.165) is 11.1 Å². The average Bonchev–Trinajstić information content (AvgIpc) is 3.21. The monoisotopic (exact) mass is 440 g/mol. The SMILES string of the molecule is COc1ccccc1N(C(C)=O)c1nc(COC(=O)COc2cc(C)ccc2C)cs1. The average molecular weight is 441 g/mol. The summed E-state index contributed by atoms with van der Waals surface area (Å²) in [6.45, 7) is 5.13. The molecule has 0 unspecified atom stereocenters. The molecular weight excluding hydrogens is 416 g/mol. The van der Waals surface area contributed by atoms with Crippen molar-refractivity contribution in [2.24, 2.45) is 0 Å². The van der Waals surface area contributed by atoms with Gasteiger partial charge < -0.3 is 14.2 Å². The van der Waals surface area contributed by atoms with Crippen LogP contribution in [0.5, 0.6) is 11.5 Å². The fourth-order valence-electron chi connectivity index (χ4n) is 2.88. The molecule has 0 bridgehead atoms. The first kappa shape index (κ1) is 22.3. The van der Waals surface area contributed by atoms with Gasteiger partial charge >= 0.3 is 5.97 Å². The van der Waals surface area contributed by atoms with Crippen molar-refractivity contribution in [2.45, 2.75) is 27.4 Å². The topological polar surface area (TPSA) is 78.0 Å². The van der Waals surface area contributed by atoms with Crippen LogP contribution in [-0.4, -0.2) is 30.6 Å². The number of anilines is 2. The number of methoxy groups -OCH3 is 1. The van der Waals surface area contributed by atoms with E-state index >= 15 is 0 Å². The number of carbonyl (C=O) groups excluding carboxylic acids is 2. The second-order valence-electron chi connectivity index (χ2n) is 6.87. The fourth-order valence-corrected chi connectivity index (χ4v) is 3.75. The maximum absolute atomic E-state index is 12.3. The summed E-state index contributed by atoms with van der Waals surface area (Å²) < 4.78 is 16.2. The van der Waals surface area contributed by atoms with E-state index in [-0.39, 0.29) is 19.1 Å². The van der Waals surface area contributed by atoms with Gasteiger partial charge in [-0.05, 0) is 43.2 Å². The van der Waals surface area contributed by atoms with Crippen LogP contribution in [0.3, 0.4) is 0 Å². The van der Waals surface area contributed by atoms with E-state index in [1.165, 1.54) is 23.2 Å². The molecule has 8 heteroatoms. The molecule has 162 valence electrons. The Hall–Kier alpha value is -3.39. The lowest BCUT2D eigenvalue weighted by Gasteiger charge is -2.20. The Morgan fingerprint density at radius 2 is 1.87 bits per heavy atom. The standard InChI is InChI=1S/C23H24N2O5S/c1-15-9-10-16(2)21(11-15)29-13-22(27)30-12-18-14-31-23(24-18)25(17(3)26)19-7-5-6-8-20(19)28-4/h5-11,14H,12-13H2,1-4H3. The van der Waals surface area contributed by atoms with Crippen LogP contribution in [0.1, 0.15) is 23.7 Å². The summed E-state index contributed by atoms with van der Waals surface area (Å²) in [5.41, 5.74) is 3.14. The van der Waals surface area contributed by atoms with Gasteiger partial charge in [0.1, 0.15) is 18.1 Å². The molecule has 0 aliphatic carbocycles. The molecule has 0 saturated carbocycles. The first-order valence-corrected chi connectivity index (χ1v) is 10.5. The zero-order chi connectivity index (χ0) is 22.4. The van der Waals surface area contributed by atoms with Gasteiger partial charge in [0.15, 0.2) is 11.7 Å². The highest BCUT2D eigenvalue weighted by molar-refractivity contribution is 7.14. The maximum atomic E-state index is 12.3. The lowest BCUT2D eigenvalue weighted by atomic mass is 10.1. The highest BCUT2D eigenvalue weighted by atomic mass is 32.1. The van der Waals surface area contributed by atoms with E-state index in [0.29, 0.717) is 28.0 Å². The molecule has 0 radical (unpaired) electrons. The number of aromatic nitrogens is 1. The normalized spacial score (nSPS) is 10.5. The van der Waals surface area contributed by atoms with Crippen molar-refractivity contribution in [2.75, 3.05) is 18.6 Å². The third-order valence-electron chi connectivity index (χ3n) is 4.44. The van der Waals surface area contributed by atoms with E-state index in [1.54, 1.807) is 24.6 Å². The van der Waals surface area contributed by atoms with E-state index in [1.807, 2.05) is 44.2 Å². The number of carbonyl (C=O) groups is 2. The van der Waals surface area contributed by atoms with Gasteiger partial charge in [-0.2, -0.15) is 0 Å². The number of ether oxygens (including phenoxy) is 3. The number of amides is 1. The Morgan fingerprint density at radius 1 is 1.10 bits per heavy atom. The predicted octanol–water partition coefficient (Wildman–Crippen LogP) is 4.58. The molecule has 0 atom stereocenters. The second kappa shape index (κ2) is 10.1. The lowest BCUT2D eigenvalue weighted by Crippen LogP contribution is -2.23. The molecule has 7 nitrogen and oxygen atoms in total. The van der Waals surface area contributed by atoms with Crippen LogP contribution in [0.25, 0.3) is 0 Å². The second-order valence-corrected chi connectivity index (χ2v) is 7.70. The summed E-state index contributed by atoms with van der Waals surface area (Å²) >= 11 is 1.28. The highest BCUT2D eigenvalue weighted by Gasteiger charge is 2.21. The van der Waals surface area contributed by atoms with Gasteiger partial charge in [0.25, 0.3) is 0 Å². The third kappa shape index (κ3) is 5.61. The molecule has 3 rings (SSSR count). The molecule has 0 N–H and O–H groups in total. The van der Waals surface area contributed by atoms with Crippen molar-refractivity contribution < 1.29 is 23.8 Å². The van der Waals surface area contributed by atoms with E-state index in [2.05, 4.69) is 4.98 Å². The van der Waals surface area contributed by atoms with Crippen molar-refractivity contribution in [3.63, 3.8) is 0 Å². The largest absolute Gasteiger partial charge is 0.495 e. The van der Waals surface area contributed by atoms with Gasteiger partial charge in [-0.15, -0.1) is 11.3 Å². The van der Waals surface area contributed by atoms with E-state index in [9.17, 15) is 9.59 Å². The molecule has 1 aromatic heterocycles. The van der Waals surface area contributed by atoms with Crippen molar-refractivity contribution in [1.82, 2.24) is 4.98 Å². The summed E-state index contributed by atoms with van der Waals surface area (Å²) in [5.74, 6) is 0.513. The van der Waals surface area contributed by atoms with Crippen LogP contribution in [-0.2, 0) is 20.9 Å². The first-order chi connectivity index (χ1) is 14.9. The van der Waals surface area contributed by atoms with Crippen LogP contribution < -0.4 is 14.4 Å². The molecule has 2 aromatic carbocycles. The van der Waals surface area contributed by atoms with Gasteiger partial charge in [0.2, 0.25) is 5.91 Å². The summed E-state index contributed by atoms with van der Waals surface area (Å²) in [4.78, 5) is 30.3. The molecule has 0 saturated heterocycles. The third-order valence-corrected chi connectivity index (χ3v) is 5.32. The van der Waals surface area contributed by atoms with Gasteiger partial charge in [0.05, 0.1) is 18.5 Å². The molecule has 31 heavy (non-hydrogen) atoms. The fraction of sp³-hybridized carbons (Fsp3) is 0.261. The molecule has 1 heterocycles. The number of benzene rings is 2. The summed E-state index contributed by atoms with van der Waals surface area (Å²) in [6.07, 6.45) is 0. The van der Waals surface area contributed by atoms with Crippen LogP contribution in [0.2, 0.25) is 0 Å². The van der Waals surface area contributed by atoms with Crippen molar-refractivity contribution in [1.29, 1.82) is 0 Å². The van der Waals surface area contributed by atoms with Crippen molar-refractivity contribution in [3.8, 4) is 11.5 Å². The van der Waals surface area contributed by atoms with Gasteiger partial charge in [0, 0.05) is 12.3 Å². The number of rotatable bonds is 8. The quantitative estimate of drug-likeness (QED) is 0.477. The molecule has 3 aromatic rings. The first-order valence-electron chi connectivity index (χ1n) is 9.63. The minimum absolute atomic E-state index is 0.0108. The Balaban J connectivity index is 1.63. The Morgan fingerprint density at radius 3 is 2.61 bits per heavy atom. The molecular formula is C23H24N2O5S. The number of thiazole rings is 1. The lowest BCUT2D eigenvalue weighted by molar-refractivity contribution is -0.147. The van der Waals surface area contributed by atoms with Crippen LogP contribution in [0, 0.1) is 13.8 Å². The van der Waals surface area contributed by atoms with Crippen LogP contribution >= 0.6 is 11.3 Å². The molecule has 0 aliphatic rings. The maximum Gasteiger partial charge on any atom is 0.344 e.